The maximum Gasteiger partial charge on any atom is 0.249 e. The Morgan fingerprint density at radius 1 is 1.35 bits per heavy atom. The van der Waals surface area contributed by atoms with Gasteiger partial charge in [-0.2, -0.15) is 0 Å². The number of carbonyl (C=O) groups excluding carboxylic acids is 1. The van der Waals surface area contributed by atoms with Crippen molar-refractivity contribution < 1.29 is 9.90 Å². The van der Waals surface area contributed by atoms with Crippen LogP contribution in [-0.4, -0.2) is 47.2 Å². The van der Waals surface area contributed by atoms with Crippen molar-refractivity contribution in [3.05, 3.63) is 0 Å². The van der Waals surface area contributed by atoms with Crippen molar-refractivity contribution in [2.45, 2.75) is 52.2 Å². The molecule has 0 aromatic carbocycles. The van der Waals surface area contributed by atoms with Gasteiger partial charge in [-0.15, -0.1) is 0 Å². The second kappa shape index (κ2) is 5.83. The molecule has 0 aromatic rings. The van der Waals surface area contributed by atoms with E-state index in [0.29, 0.717) is 0 Å². The summed E-state index contributed by atoms with van der Waals surface area (Å²) in [5.74, 6) is -0.304. The van der Waals surface area contributed by atoms with Gasteiger partial charge in [0.05, 0.1) is 0 Å². The molecule has 1 aliphatic rings. The number of rotatable bonds is 5. The Balaban J connectivity index is 2.44. The third kappa shape index (κ3) is 4.64. The van der Waals surface area contributed by atoms with Crippen molar-refractivity contribution in [1.82, 2.24) is 10.2 Å². The minimum Gasteiger partial charge on any atom is -0.383 e. The largest absolute Gasteiger partial charge is 0.383 e. The fourth-order valence-electron chi connectivity index (χ4n) is 2.25. The summed E-state index contributed by atoms with van der Waals surface area (Å²) >= 11 is 0. The zero-order valence-corrected chi connectivity index (χ0v) is 11.5. The number of nitrogens with zero attached hydrogens (tertiary/aromatic N) is 1. The highest BCUT2D eigenvalue weighted by Crippen LogP contribution is 2.13. The molecule has 0 spiro atoms. The van der Waals surface area contributed by atoms with E-state index in [1.165, 1.54) is 12.8 Å². The van der Waals surface area contributed by atoms with Gasteiger partial charge in [-0.1, -0.05) is 13.8 Å². The molecule has 2 N–H and O–H groups in total. The van der Waals surface area contributed by atoms with Gasteiger partial charge in [-0.25, -0.2) is 0 Å². The van der Waals surface area contributed by atoms with Crippen LogP contribution in [0, 0.1) is 5.92 Å². The quantitative estimate of drug-likeness (QED) is 0.756. The smallest absolute Gasteiger partial charge is 0.249 e. The summed E-state index contributed by atoms with van der Waals surface area (Å²) in [5.41, 5.74) is -0.280. The zero-order valence-electron chi connectivity index (χ0n) is 11.5. The average molecular weight is 242 g/mol. The number of hydrogen-bond acceptors (Lipinski definition) is 3. The molecular formula is C13H26N2O2. The molecule has 1 rings (SSSR count). The average Bonchev–Trinajstić information content (AvgIpc) is 2.67. The Hall–Kier alpha value is -0.610. The van der Waals surface area contributed by atoms with E-state index < -0.39 is 6.10 Å². The van der Waals surface area contributed by atoms with Gasteiger partial charge in [0.1, 0.15) is 6.10 Å². The molecule has 0 saturated carbocycles. The summed E-state index contributed by atoms with van der Waals surface area (Å²) in [4.78, 5) is 14.2. The number of amides is 1. The molecule has 1 atom stereocenters. The Bertz CT molecular complexity index is 258. The lowest BCUT2D eigenvalue weighted by Gasteiger charge is -2.32. The Kier molecular flexibility index (Phi) is 4.95. The second-order valence-corrected chi connectivity index (χ2v) is 6.05. The van der Waals surface area contributed by atoms with Crippen molar-refractivity contribution in [2.75, 3.05) is 19.6 Å². The van der Waals surface area contributed by atoms with Crippen molar-refractivity contribution in [1.29, 1.82) is 0 Å². The molecule has 0 radical (unpaired) electrons. The lowest BCUT2D eigenvalue weighted by molar-refractivity contribution is -0.133. The van der Waals surface area contributed by atoms with Crippen LogP contribution in [0.1, 0.15) is 40.5 Å². The van der Waals surface area contributed by atoms with Crippen LogP contribution in [0.2, 0.25) is 0 Å². The summed E-state index contributed by atoms with van der Waals surface area (Å²) in [7, 11) is 0. The molecule has 1 unspecified atom stereocenters. The predicted molar refractivity (Wildman–Crippen MR) is 68.7 cm³/mol. The van der Waals surface area contributed by atoms with E-state index in [9.17, 15) is 9.90 Å². The highest BCUT2D eigenvalue weighted by molar-refractivity contribution is 5.81. The number of aliphatic hydroxyl groups excluding tert-OH is 1. The maximum atomic E-state index is 11.8. The first-order chi connectivity index (χ1) is 7.82. The third-order valence-corrected chi connectivity index (χ3v) is 3.18. The molecule has 0 bridgehead atoms. The summed E-state index contributed by atoms with van der Waals surface area (Å²) < 4.78 is 0. The Morgan fingerprint density at radius 2 is 1.88 bits per heavy atom. The van der Waals surface area contributed by atoms with E-state index in [4.69, 9.17) is 0 Å². The molecule has 1 heterocycles. The number of aliphatic hydroxyl groups is 1. The summed E-state index contributed by atoms with van der Waals surface area (Å²) in [6, 6.07) is 0. The predicted octanol–water partition coefficient (Wildman–Crippen LogP) is 0.994. The SMILES string of the molecule is CC(C)C(O)C(=O)NC(C)(C)CN1CCCC1. The topological polar surface area (TPSA) is 52.6 Å². The summed E-state index contributed by atoms with van der Waals surface area (Å²) in [6.45, 7) is 10.8. The molecule has 1 fully saturated rings. The molecule has 0 aromatic heterocycles. The van der Waals surface area contributed by atoms with Gasteiger partial charge >= 0.3 is 0 Å². The number of nitrogens with one attached hydrogen (secondary N) is 1. The van der Waals surface area contributed by atoms with Crippen LogP contribution >= 0.6 is 0 Å². The van der Waals surface area contributed by atoms with E-state index in [1.54, 1.807) is 0 Å². The molecule has 1 aliphatic heterocycles. The van der Waals surface area contributed by atoms with Gasteiger partial charge in [0, 0.05) is 12.1 Å². The van der Waals surface area contributed by atoms with Crippen LogP contribution in [-0.2, 0) is 4.79 Å². The molecule has 0 aliphatic carbocycles. The van der Waals surface area contributed by atoms with E-state index >= 15 is 0 Å². The lowest BCUT2D eigenvalue weighted by atomic mass is 10.0. The monoisotopic (exact) mass is 242 g/mol. The van der Waals surface area contributed by atoms with Crippen LogP contribution in [0.3, 0.4) is 0 Å². The Labute approximate surface area is 104 Å². The zero-order chi connectivity index (χ0) is 13.1. The highest BCUT2D eigenvalue weighted by Gasteiger charge is 2.28. The first kappa shape index (κ1) is 14.5. The normalized spacial score (nSPS) is 19.6. The van der Waals surface area contributed by atoms with Gasteiger partial charge < -0.3 is 15.3 Å². The van der Waals surface area contributed by atoms with Gasteiger partial charge in [-0.05, 0) is 45.7 Å². The number of carbonyl (C=O) groups is 1. The van der Waals surface area contributed by atoms with E-state index in [2.05, 4.69) is 10.2 Å². The van der Waals surface area contributed by atoms with Crippen molar-refractivity contribution in [3.63, 3.8) is 0 Å². The van der Waals surface area contributed by atoms with Gasteiger partial charge in [0.2, 0.25) is 5.91 Å². The summed E-state index contributed by atoms with van der Waals surface area (Å²) in [6.07, 6.45) is 1.59. The molecule has 4 heteroatoms. The van der Waals surface area contributed by atoms with Gasteiger partial charge in [-0.3, -0.25) is 4.79 Å². The first-order valence-electron chi connectivity index (χ1n) is 6.54. The molecule has 1 saturated heterocycles. The van der Waals surface area contributed by atoms with Crippen LogP contribution in [0.5, 0.6) is 0 Å². The molecule has 1 amide bonds. The van der Waals surface area contributed by atoms with Crippen LogP contribution < -0.4 is 5.32 Å². The van der Waals surface area contributed by atoms with Gasteiger partial charge in [0.15, 0.2) is 0 Å². The Morgan fingerprint density at radius 3 is 2.35 bits per heavy atom. The molecular weight excluding hydrogens is 216 g/mol. The van der Waals surface area contributed by atoms with Crippen molar-refractivity contribution in [3.8, 4) is 0 Å². The van der Waals surface area contributed by atoms with Crippen molar-refractivity contribution in [2.24, 2.45) is 5.92 Å². The minimum absolute atomic E-state index is 0.0439. The third-order valence-electron chi connectivity index (χ3n) is 3.18. The second-order valence-electron chi connectivity index (χ2n) is 6.05. The van der Waals surface area contributed by atoms with Gasteiger partial charge in [0.25, 0.3) is 0 Å². The fourth-order valence-corrected chi connectivity index (χ4v) is 2.25. The summed E-state index contributed by atoms with van der Waals surface area (Å²) in [5, 5.41) is 12.6. The molecule has 4 nitrogen and oxygen atoms in total. The van der Waals surface area contributed by atoms with Crippen LogP contribution in [0.15, 0.2) is 0 Å². The lowest BCUT2D eigenvalue weighted by Crippen LogP contribution is -2.54. The maximum absolute atomic E-state index is 11.8. The fraction of sp³-hybridized carbons (Fsp3) is 0.923. The number of likely N-dealkylation sites (tertiary alicyclic amines) is 1. The first-order valence-corrected chi connectivity index (χ1v) is 6.54. The van der Waals surface area contributed by atoms with Crippen LogP contribution in [0.4, 0.5) is 0 Å². The van der Waals surface area contributed by atoms with E-state index in [0.717, 1.165) is 19.6 Å². The minimum atomic E-state index is -0.909. The van der Waals surface area contributed by atoms with Crippen LogP contribution in [0.25, 0.3) is 0 Å². The standard InChI is InChI=1S/C13H26N2O2/c1-10(2)11(16)12(17)14-13(3,4)9-15-7-5-6-8-15/h10-11,16H,5-9H2,1-4H3,(H,14,17). The number of hydrogen-bond donors (Lipinski definition) is 2. The van der Waals surface area contributed by atoms with E-state index in [-0.39, 0.29) is 17.4 Å². The van der Waals surface area contributed by atoms with Crippen molar-refractivity contribution >= 4 is 5.91 Å². The molecule has 100 valence electrons. The molecule has 17 heavy (non-hydrogen) atoms. The highest BCUT2D eigenvalue weighted by atomic mass is 16.3. The van der Waals surface area contributed by atoms with E-state index in [1.807, 2.05) is 27.7 Å².